The number of hydrogen-bond acceptors (Lipinski definition) is 5. The van der Waals surface area contributed by atoms with Crippen LogP contribution in [-0.4, -0.2) is 31.9 Å². The second kappa shape index (κ2) is 7.16. The van der Waals surface area contributed by atoms with Gasteiger partial charge >= 0.3 is 0 Å². The van der Waals surface area contributed by atoms with Crippen molar-refractivity contribution in [2.24, 2.45) is 5.84 Å². The lowest BCUT2D eigenvalue weighted by Crippen LogP contribution is -2.31. The van der Waals surface area contributed by atoms with Crippen LogP contribution in [0.25, 0.3) is 10.9 Å². The summed E-state index contributed by atoms with van der Waals surface area (Å²) >= 11 is 0. The van der Waals surface area contributed by atoms with Crippen molar-refractivity contribution in [1.29, 1.82) is 0 Å². The molecule has 2 rings (SSSR count). The molecule has 0 aliphatic carbocycles. The lowest BCUT2D eigenvalue weighted by atomic mass is 10.1. The van der Waals surface area contributed by atoms with Gasteiger partial charge in [-0.1, -0.05) is 18.2 Å². The minimum atomic E-state index is -0.0525. The van der Waals surface area contributed by atoms with Gasteiger partial charge in [0.15, 0.2) is 0 Å². The van der Waals surface area contributed by atoms with Gasteiger partial charge in [0, 0.05) is 18.7 Å². The fourth-order valence-electron chi connectivity index (χ4n) is 1.88. The van der Waals surface area contributed by atoms with Gasteiger partial charge < -0.3 is 9.47 Å². The molecule has 0 amide bonds. The number of hydrazine groups is 1. The van der Waals surface area contributed by atoms with E-state index < -0.39 is 0 Å². The molecule has 1 unspecified atom stereocenters. The number of nitrogens with one attached hydrogen (secondary N) is 1. The zero-order valence-corrected chi connectivity index (χ0v) is 11.0. The topological polar surface area (TPSA) is 69.4 Å². The van der Waals surface area contributed by atoms with Gasteiger partial charge in [-0.25, -0.2) is 0 Å². The lowest BCUT2D eigenvalue weighted by Gasteiger charge is -2.16. The molecule has 1 heterocycles. The summed E-state index contributed by atoms with van der Waals surface area (Å²) in [5.74, 6) is 5.58. The highest BCUT2D eigenvalue weighted by Gasteiger charge is 2.10. The molecule has 0 radical (unpaired) electrons. The number of fused-ring (bicyclic) bond motifs is 1. The number of nitrogens with two attached hydrogens (primary N) is 1. The van der Waals surface area contributed by atoms with Crippen LogP contribution in [0.2, 0.25) is 0 Å². The van der Waals surface area contributed by atoms with Crippen LogP contribution in [0.15, 0.2) is 36.5 Å². The maximum Gasteiger partial charge on any atom is 0.0705 e. The molecule has 5 nitrogen and oxygen atoms in total. The highest BCUT2D eigenvalue weighted by molar-refractivity contribution is 5.78. The summed E-state index contributed by atoms with van der Waals surface area (Å²) in [5.41, 5.74) is 4.78. The predicted octanol–water partition coefficient (Wildman–Crippen LogP) is 1.40. The third kappa shape index (κ3) is 3.71. The average Bonchev–Trinajstić information content (AvgIpc) is 2.47. The first-order chi connectivity index (χ1) is 9.35. The summed E-state index contributed by atoms with van der Waals surface area (Å²) in [5, 5.41) is 1.11. The van der Waals surface area contributed by atoms with Crippen molar-refractivity contribution in [2.75, 3.05) is 26.9 Å². The number of methoxy groups -OCH3 is 1. The zero-order valence-electron chi connectivity index (χ0n) is 11.0. The Labute approximate surface area is 112 Å². The molecular weight excluding hydrogens is 242 g/mol. The molecule has 102 valence electrons. The van der Waals surface area contributed by atoms with Crippen molar-refractivity contribution in [3.05, 3.63) is 42.1 Å². The van der Waals surface area contributed by atoms with Crippen LogP contribution in [-0.2, 0) is 9.47 Å². The molecule has 1 aromatic heterocycles. The van der Waals surface area contributed by atoms with Crippen molar-refractivity contribution in [2.45, 2.75) is 6.04 Å². The predicted molar refractivity (Wildman–Crippen MR) is 74.5 cm³/mol. The van der Waals surface area contributed by atoms with E-state index in [1.165, 1.54) is 0 Å². The van der Waals surface area contributed by atoms with Crippen molar-refractivity contribution in [1.82, 2.24) is 10.4 Å². The second-order valence-electron chi connectivity index (χ2n) is 4.24. The lowest BCUT2D eigenvalue weighted by molar-refractivity contribution is 0.0586. The summed E-state index contributed by atoms with van der Waals surface area (Å²) < 4.78 is 10.4. The fourth-order valence-corrected chi connectivity index (χ4v) is 1.88. The zero-order chi connectivity index (χ0) is 13.5. The Hall–Kier alpha value is -1.53. The third-order valence-electron chi connectivity index (χ3n) is 2.95. The van der Waals surface area contributed by atoms with E-state index in [0.29, 0.717) is 19.8 Å². The molecule has 3 N–H and O–H groups in total. The van der Waals surface area contributed by atoms with E-state index >= 15 is 0 Å². The van der Waals surface area contributed by atoms with E-state index in [1.807, 2.05) is 30.3 Å². The monoisotopic (exact) mass is 261 g/mol. The highest BCUT2D eigenvalue weighted by Crippen LogP contribution is 2.18. The molecule has 0 saturated heterocycles. The van der Waals surface area contributed by atoms with Gasteiger partial charge in [-0.15, -0.1) is 0 Å². The van der Waals surface area contributed by atoms with Crippen LogP contribution in [0.4, 0.5) is 0 Å². The SMILES string of the molecule is COCCOCC(NN)c1ccc2cccnc2c1. The Morgan fingerprint density at radius 3 is 3.00 bits per heavy atom. The average molecular weight is 261 g/mol. The van der Waals surface area contributed by atoms with E-state index in [-0.39, 0.29) is 6.04 Å². The molecule has 0 spiro atoms. The molecule has 0 bridgehead atoms. The summed E-state index contributed by atoms with van der Waals surface area (Å²) in [6.07, 6.45) is 1.78. The van der Waals surface area contributed by atoms with E-state index in [4.69, 9.17) is 15.3 Å². The molecule has 19 heavy (non-hydrogen) atoms. The number of hydrogen-bond donors (Lipinski definition) is 2. The minimum Gasteiger partial charge on any atom is -0.382 e. The Bertz CT molecular complexity index is 519. The summed E-state index contributed by atoms with van der Waals surface area (Å²) in [7, 11) is 1.65. The van der Waals surface area contributed by atoms with Crippen molar-refractivity contribution >= 4 is 10.9 Å². The summed E-state index contributed by atoms with van der Waals surface area (Å²) in [6.45, 7) is 1.63. The van der Waals surface area contributed by atoms with Crippen LogP contribution in [0.1, 0.15) is 11.6 Å². The molecule has 5 heteroatoms. The smallest absolute Gasteiger partial charge is 0.0705 e. The maximum absolute atomic E-state index is 5.58. The quantitative estimate of drug-likeness (QED) is 0.448. The number of aromatic nitrogens is 1. The maximum atomic E-state index is 5.58. The van der Waals surface area contributed by atoms with Gasteiger partial charge in [0.25, 0.3) is 0 Å². The molecule has 2 aromatic rings. The van der Waals surface area contributed by atoms with E-state index in [0.717, 1.165) is 16.5 Å². The molecule has 1 atom stereocenters. The number of rotatable bonds is 7. The largest absolute Gasteiger partial charge is 0.382 e. The van der Waals surface area contributed by atoms with Gasteiger partial charge in [-0.3, -0.25) is 16.3 Å². The Morgan fingerprint density at radius 1 is 1.32 bits per heavy atom. The van der Waals surface area contributed by atoms with Crippen LogP contribution >= 0.6 is 0 Å². The van der Waals surface area contributed by atoms with Crippen LogP contribution in [0, 0.1) is 0 Å². The van der Waals surface area contributed by atoms with Crippen LogP contribution in [0.5, 0.6) is 0 Å². The van der Waals surface area contributed by atoms with E-state index in [1.54, 1.807) is 13.3 Å². The first kappa shape index (κ1) is 13.9. The van der Waals surface area contributed by atoms with Gasteiger partial charge in [-0.2, -0.15) is 0 Å². The highest BCUT2D eigenvalue weighted by atomic mass is 16.5. The Kier molecular flexibility index (Phi) is 5.23. The molecule has 0 saturated carbocycles. The molecular formula is C14H19N3O2. The van der Waals surface area contributed by atoms with Crippen molar-refractivity contribution in [3.63, 3.8) is 0 Å². The Balaban J connectivity index is 2.07. The number of benzene rings is 1. The molecule has 1 aromatic carbocycles. The van der Waals surface area contributed by atoms with Gasteiger partial charge in [0.05, 0.1) is 31.4 Å². The Morgan fingerprint density at radius 2 is 2.21 bits per heavy atom. The van der Waals surface area contributed by atoms with Gasteiger partial charge in [0.2, 0.25) is 0 Å². The van der Waals surface area contributed by atoms with Crippen LogP contribution in [0.3, 0.4) is 0 Å². The van der Waals surface area contributed by atoms with Gasteiger partial charge in [-0.05, 0) is 17.7 Å². The number of nitrogens with zero attached hydrogens (tertiary/aromatic N) is 1. The molecule has 0 aliphatic rings. The van der Waals surface area contributed by atoms with Crippen LogP contribution < -0.4 is 11.3 Å². The minimum absolute atomic E-state index is 0.0525. The second-order valence-corrected chi connectivity index (χ2v) is 4.24. The van der Waals surface area contributed by atoms with Gasteiger partial charge in [0.1, 0.15) is 0 Å². The first-order valence-corrected chi connectivity index (χ1v) is 6.22. The number of ether oxygens (including phenoxy) is 2. The number of pyridine rings is 1. The van der Waals surface area contributed by atoms with E-state index in [2.05, 4.69) is 10.4 Å². The molecule has 0 fully saturated rings. The van der Waals surface area contributed by atoms with E-state index in [9.17, 15) is 0 Å². The fraction of sp³-hybridized carbons (Fsp3) is 0.357. The third-order valence-corrected chi connectivity index (χ3v) is 2.95. The van der Waals surface area contributed by atoms with Crippen molar-refractivity contribution < 1.29 is 9.47 Å². The normalized spacial score (nSPS) is 12.7. The molecule has 0 aliphatic heterocycles. The van der Waals surface area contributed by atoms with Crippen molar-refractivity contribution in [3.8, 4) is 0 Å². The summed E-state index contributed by atoms with van der Waals surface area (Å²) in [6, 6.07) is 10.0. The standard InChI is InChI=1S/C14H19N3O2/c1-18-7-8-19-10-14(17-15)12-5-4-11-3-2-6-16-13(11)9-12/h2-6,9,14,17H,7-8,10,15H2,1H3. The first-order valence-electron chi connectivity index (χ1n) is 6.22. The summed E-state index contributed by atoms with van der Waals surface area (Å²) in [4.78, 5) is 4.34.